The van der Waals surface area contributed by atoms with Gasteiger partial charge in [-0.15, -0.1) is 0 Å². The third-order valence-electron chi connectivity index (χ3n) is 5.65. The lowest BCUT2D eigenvalue weighted by Gasteiger charge is -2.09. The summed E-state index contributed by atoms with van der Waals surface area (Å²) in [5.74, 6) is -0.949. The van der Waals surface area contributed by atoms with Crippen LogP contribution in [0.2, 0.25) is 0 Å². The Morgan fingerprint density at radius 2 is 1.55 bits per heavy atom. The van der Waals surface area contributed by atoms with E-state index < -0.39 is 5.97 Å². The highest BCUT2D eigenvalue weighted by atomic mass is 16.4. The predicted molar refractivity (Wildman–Crippen MR) is 131 cm³/mol. The zero-order valence-corrected chi connectivity index (χ0v) is 18.5. The molecule has 4 aromatic rings. The number of allylic oxidation sites excluding steroid dienone is 2. The fourth-order valence-electron chi connectivity index (χ4n) is 3.94. The summed E-state index contributed by atoms with van der Waals surface area (Å²) in [6.45, 7) is 2.95. The van der Waals surface area contributed by atoms with Gasteiger partial charge in [-0.05, 0) is 35.2 Å². The van der Waals surface area contributed by atoms with Crippen molar-refractivity contribution in [2.75, 3.05) is 0 Å². The maximum atomic E-state index is 13.2. The quantitative estimate of drug-likeness (QED) is 0.383. The summed E-state index contributed by atoms with van der Waals surface area (Å²) in [6.07, 6.45) is 6.65. The SMILES string of the molecule is CC=CCc1cn(Cc2ccccc2)c(=O)n1Cc1ccc(-c2ccccc2C(=O)O)cc1. The second-order valence-electron chi connectivity index (χ2n) is 7.92. The molecule has 1 heterocycles. The van der Waals surface area contributed by atoms with Crippen LogP contribution in [0.1, 0.15) is 34.1 Å². The summed E-state index contributed by atoms with van der Waals surface area (Å²) in [4.78, 5) is 24.8. The van der Waals surface area contributed by atoms with E-state index in [4.69, 9.17) is 0 Å². The van der Waals surface area contributed by atoms with Gasteiger partial charge in [0.1, 0.15) is 0 Å². The first-order chi connectivity index (χ1) is 16.1. The van der Waals surface area contributed by atoms with Gasteiger partial charge < -0.3 is 5.11 Å². The first-order valence-electron chi connectivity index (χ1n) is 10.9. The van der Waals surface area contributed by atoms with Crippen molar-refractivity contribution < 1.29 is 9.90 Å². The van der Waals surface area contributed by atoms with Crippen molar-refractivity contribution in [3.05, 3.63) is 130 Å². The molecule has 33 heavy (non-hydrogen) atoms. The van der Waals surface area contributed by atoms with Gasteiger partial charge in [0.2, 0.25) is 0 Å². The summed E-state index contributed by atoms with van der Waals surface area (Å²) < 4.78 is 3.56. The van der Waals surface area contributed by atoms with Crippen LogP contribution in [0.3, 0.4) is 0 Å². The Morgan fingerprint density at radius 1 is 0.879 bits per heavy atom. The van der Waals surface area contributed by atoms with Crippen molar-refractivity contribution in [1.29, 1.82) is 0 Å². The minimum absolute atomic E-state index is 0.0429. The third kappa shape index (κ3) is 5.04. The second-order valence-corrected chi connectivity index (χ2v) is 7.92. The minimum Gasteiger partial charge on any atom is -0.478 e. The Labute approximate surface area is 192 Å². The van der Waals surface area contributed by atoms with E-state index in [0.717, 1.165) is 22.4 Å². The van der Waals surface area contributed by atoms with Crippen molar-refractivity contribution in [1.82, 2.24) is 9.13 Å². The van der Waals surface area contributed by atoms with Gasteiger partial charge in [0.05, 0.1) is 18.7 Å². The van der Waals surface area contributed by atoms with E-state index in [-0.39, 0.29) is 11.3 Å². The third-order valence-corrected chi connectivity index (χ3v) is 5.65. The number of hydrogen-bond donors (Lipinski definition) is 1. The minimum atomic E-state index is -0.949. The summed E-state index contributed by atoms with van der Waals surface area (Å²) in [5.41, 5.74) is 4.75. The predicted octanol–water partition coefficient (Wildman–Crippen LogP) is 5.23. The lowest BCUT2D eigenvalue weighted by atomic mass is 9.99. The Bertz CT molecular complexity index is 1330. The van der Waals surface area contributed by atoms with E-state index in [2.05, 4.69) is 0 Å². The first kappa shape index (κ1) is 22.1. The highest BCUT2D eigenvalue weighted by Crippen LogP contribution is 2.24. The monoisotopic (exact) mass is 438 g/mol. The molecule has 5 heteroatoms. The number of carbonyl (C=O) groups is 1. The standard InChI is InChI=1S/C28H26N2O3/c1-2-3-11-24-20-29(18-21-9-5-4-6-10-21)28(33)30(24)19-22-14-16-23(17-15-22)25-12-7-8-13-26(25)27(31)32/h2-10,12-17,20H,11,18-19H2,1H3,(H,31,32). The molecule has 0 fully saturated rings. The highest BCUT2D eigenvalue weighted by Gasteiger charge is 2.13. The van der Waals surface area contributed by atoms with Crippen LogP contribution in [0.25, 0.3) is 11.1 Å². The van der Waals surface area contributed by atoms with Crippen LogP contribution in [0.4, 0.5) is 0 Å². The number of aromatic nitrogens is 2. The van der Waals surface area contributed by atoms with E-state index in [0.29, 0.717) is 25.1 Å². The largest absolute Gasteiger partial charge is 0.478 e. The van der Waals surface area contributed by atoms with Gasteiger partial charge in [-0.25, -0.2) is 9.59 Å². The summed E-state index contributed by atoms with van der Waals surface area (Å²) >= 11 is 0. The molecular weight excluding hydrogens is 412 g/mol. The van der Waals surface area contributed by atoms with Crippen molar-refractivity contribution in [3.8, 4) is 11.1 Å². The van der Waals surface area contributed by atoms with Crippen LogP contribution in [-0.2, 0) is 19.5 Å². The van der Waals surface area contributed by atoms with E-state index >= 15 is 0 Å². The molecule has 3 aromatic carbocycles. The van der Waals surface area contributed by atoms with Gasteiger partial charge in [-0.2, -0.15) is 0 Å². The fourth-order valence-corrected chi connectivity index (χ4v) is 3.94. The second kappa shape index (κ2) is 10.0. The summed E-state index contributed by atoms with van der Waals surface area (Å²) in [7, 11) is 0. The zero-order chi connectivity index (χ0) is 23.2. The molecule has 4 rings (SSSR count). The Morgan fingerprint density at radius 3 is 2.24 bits per heavy atom. The average Bonchev–Trinajstić information content (AvgIpc) is 3.13. The van der Waals surface area contributed by atoms with Gasteiger partial charge >= 0.3 is 11.7 Å². The number of benzene rings is 3. The molecule has 0 radical (unpaired) electrons. The maximum Gasteiger partial charge on any atom is 0.336 e. The van der Waals surface area contributed by atoms with Crippen molar-refractivity contribution in [3.63, 3.8) is 0 Å². The number of hydrogen-bond acceptors (Lipinski definition) is 2. The number of nitrogens with zero attached hydrogens (tertiary/aromatic N) is 2. The van der Waals surface area contributed by atoms with Crippen molar-refractivity contribution in [2.24, 2.45) is 0 Å². The van der Waals surface area contributed by atoms with Crippen molar-refractivity contribution >= 4 is 5.97 Å². The number of carboxylic acids is 1. The van der Waals surface area contributed by atoms with Gasteiger partial charge in [0, 0.05) is 18.3 Å². The molecule has 0 amide bonds. The molecule has 1 N–H and O–H groups in total. The van der Waals surface area contributed by atoms with Gasteiger partial charge in [0.15, 0.2) is 0 Å². The molecule has 0 atom stereocenters. The summed E-state index contributed by atoms with van der Waals surface area (Å²) in [5, 5.41) is 9.47. The van der Waals surface area contributed by atoms with Gasteiger partial charge in [0.25, 0.3) is 0 Å². The molecule has 0 aliphatic rings. The normalized spacial score (nSPS) is 11.2. The molecule has 5 nitrogen and oxygen atoms in total. The van der Waals surface area contributed by atoms with Gasteiger partial charge in [-0.3, -0.25) is 9.13 Å². The molecule has 0 saturated carbocycles. The van der Waals surface area contributed by atoms with E-state index in [1.165, 1.54) is 0 Å². The zero-order valence-electron chi connectivity index (χ0n) is 18.5. The number of aromatic carboxylic acids is 1. The van der Waals surface area contributed by atoms with Gasteiger partial charge in [-0.1, -0.05) is 84.9 Å². The molecule has 0 aliphatic heterocycles. The molecule has 0 spiro atoms. The van der Waals surface area contributed by atoms with Crippen molar-refractivity contribution in [2.45, 2.75) is 26.4 Å². The molecule has 1 aromatic heterocycles. The lowest BCUT2D eigenvalue weighted by Crippen LogP contribution is -2.25. The van der Waals surface area contributed by atoms with Crippen LogP contribution in [-0.4, -0.2) is 20.2 Å². The lowest BCUT2D eigenvalue weighted by molar-refractivity contribution is 0.0697. The Kier molecular flexibility index (Phi) is 6.69. The van der Waals surface area contributed by atoms with E-state index in [1.807, 2.05) is 96.6 Å². The van der Waals surface area contributed by atoms with Crippen LogP contribution >= 0.6 is 0 Å². The van der Waals surface area contributed by atoms with Crippen LogP contribution in [0, 0.1) is 0 Å². The fraction of sp³-hybridized carbons (Fsp3) is 0.143. The molecule has 0 aliphatic carbocycles. The highest BCUT2D eigenvalue weighted by molar-refractivity contribution is 5.95. The van der Waals surface area contributed by atoms with Crippen LogP contribution in [0.15, 0.2) is 102 Å². The molecule has 0 unspecified atom stereocenters. The van der Waals surface area contributed by atoms with E-state index in [9.17, 15) is 14.7 Å². The number of imidazole rings is 1. The van der Waals surface area contributed by atoms with Crippen LogP contribution < -0.4 is 5.69 Å². The van der Waals surface area contributed by atoms with E-state index in [1.54, 1.807) is 16.7 Å². The van der Waals surface area contributed by atoms with Crippen LogP contribution in [0.5, 0.6) is 0 Å². The first-order valence-corrected chi connectivity index (χ1v) is 10.9. The molecule has 166 valence electrons. The smallest absolute Gasteiger partial charge is 0.336 e. The Hall–Kier alpha value is -4.12. The average molecular weight is 439 g/mol. The summed E-state index contributed by atoms with van der Waals surface area (Å²) in [6, 6.07) is 24.6. The molecule has 0 saturated heterocycles. The molecule has 0 bridgehead atoms. The number of carboxylic acid groups (broad SMARTS) is 1. The molecular formula is C28H26N2O3. The topological polar surface area (TPSA) is 64.2 Å². The maximum absolute atomic E-state index is 13.2. The Balaban J connectivity index is 1.63. The number of rotatable bonds is 8.